The lowest BCUT2D eigenvalue weighted by molar-refractivity contribution is -0.121. The van der Waals surface area contributed by atoms with E-state index in [1.54, 1.807) is 6.07 Å². The van der Waals surface area contributed by atoms with Crippen molar-refractivity contribution < 1.29 is 9.59 Å². The summed E-state index contributed by atoms with van der Waals surface area (Å²) in [7, 11) is 0. The van der Waals surface area contributed by atoms with Crippen molar-refractivity contribution in [2.24, 2.45) is 0 Å². The van der Waals surface area contributed by atoms with Gasteiger partial charge in [0, 0.05) is 26.1 Å². The number of carbonyl (C=O) groups excluding carboxylic acids is 2. The Bertz CT molecular complexity index is 417. The molecule has 1 aromatic heterocycles. The summed E-state index contributed by atoms with van der Waals surface area (Å²) >= 11 is 1.42. The molecule has 0 fully saturated rings. The fourth-order valence-electron chi connectivity index (χ4n) is 1.93. The highest BCUT2D eigenvalue weighted by Gasteiger charge is 2.06. The maximum atomic E-state index is 11.7. The van der Waals surface area contributed by atoms with Crippen LogP contribution in [0.5, 0.6) is 0 Å². The zero-order valence-electron chi connectivity index (χ0n) is 12.9. The first-order valence-corrected chi connectivity index (χ1v) is 8.36. The molecule has 118 valence electrons. The van der Waals surface area contributed by atoms with Crippen molar-refractivity contribution in [3.63, 3.8) is 0 Å². The zero-order valence-corrected chi connectivity index (χ0v) is 13.7. The van der Waals surface area contributed by atoms with Crippen LogP contribution >= 0.6 is 11.3 Å². The molecule has 1 heterocycles. The van der Waals surface area contributed by atoms with Crippen LogP contribution in [0.25, 0.3) is 0 Å². The molecule has 2 N–H and O–H groups in total. The molecule has 0 bridgehead atoms. The third-order valence-electron chi connectivity index (χ3n) is 3.26. The van der Waals surface area contributed by atoms with Gasteiger partial charge >= 0.3 is 0 Å². The zero-order chi connectivity index (χ0) is 15.5. The molecule has 0 aliphatic carbocycles. The van der Waals surface area contributed by atoms with Crippen molar-refractivity contribution in [1.82, 2.24) is 15.5 Å². The van der Waals surface area contributed by atoms with E-state index in [4.69, 9.17) is 0 Å². The van der Waals surface area contributed by atoms with Crippen molar-refractivity contribution in [2.75, 3.05) is 32.7 Å². The molecule has 21 heavy (non-hydrogen) atoms. The van der Waals surface area contributed by atoms with Gasteiger partial charge in [-0.3, -0.25) is 9.59 Å². The molecule has 6 heteroatoms. The number of carbonyl (C=O) groups is 2. The highest BCUT2D eigenvalue weighted by atomic mass is 32.1. The van der Waals surface area contributed by atoms with Crippen molar-refractivity contribution in [2.45, 2.75) is 26.7 Å². The fourth-order valence-corrected chi connectivity index (χ4v) is 2.57. The van der Waals surface area contributed by atoms with Crippen LogP contribution in [0.2, 0.25) is 0 Å². The van der Waals surface area contributed by atoms with Crippen LogP contribution in [0.1, 0.15) is 36.4 Å². The van der Waals surface area contributed by atoms with Gasteiger partial charge in [0.25, 0.3) is 5.91 Å². The highest BCUT2D eigenvalue weighted by molar-refractivity contribution is 7.12. The lowest BCUT2D eigenvalue weighted by Crippen LogP contribution is -2.35. The summed E-state index contributed by atoms with van der Waals surface area (Å²) in [5, 5.41) is 7.60. The topological polar surface area (TPSA) is 61.4 Å². The van der Waals surface area contributed by atoms with Crippen molar-refractivity contribution >= 4 is 23.2 Å². The van der Waals surface area contributed by atoms with E-state index in [2.05, 4.69) is 29.4 Å². The molecule has 0 aliphatic heterocycles. The first-order chi connectivity index (χ1) is 10.2. The maximum absolute atomic E-state index is 11.7. The largest absolute Gasteiger partial charge is 0.355 e. The highest BCUT2D eigenvalue weighted by Crippen LogP contribution is 2.07. The quantitative estimate of drug-likeness (QED) is 0.647. The van der Waals surface area contributed by atoms with Gasteiger partial charge in [0.1, 0.15) is 0 Å². The second-order valence-electron chi connectivity index (χ2n) is 4.71. The van der Waals surface area contributed by atoms with Crippen LogP contribution in [-0.2, 0) is 4.79 Å². The Balaban J connectivity index is 2.04. The molecular formula is C15H25N3O2S. The lowest BCUT2D eigenvalue weighted by Gasteiger charge is -2.17. The summed E-state index contributed by atoms with van der Waals surface area (Å²) in [4.78, 5) is 26.3. The van der Waals surface area contributed by atoms with E-state index >= 15 is 0 Å². The SMILES string of the molecule is CCN(CC)CCNC(=O)CCCNC(=O)c1cccs1. The van der Waals surface area contributed by atoms with Gasteiger partial charge in [-0.2, -0.15) is 0 Å². The Labute approximate surface area is 130 Å². The molecule has 0 unspecified atom stereocenters. The smallest absolute Gasteiger partial charge is 0.261 e. The van der Waals surface area contributed by atoms with Gasteiger partial charge < -0.3 is 15.5 Å². The average Bonchev–Trinajstić information content (AvgIpc) is 3.02. The average molecular weight is 311 g/mol. The van der Waals surface area contributed by atoms with Gasteiger partial charge in [0.15, 0.2) is 0 Å². The Hall–Kier alpha value is -1.40. The third-order valence-corrected chi connectivity index (χ3v) is 4.12. The molecule has 0 atom stereocenters. The number of nitrogens with zero attached hydrogens (tertiary/aromatic N) is 1. The Morgan fingerprint density at radius 2 is 1.95 bits per heavy atom. The second kappa shape index (κ2) is 10.3. The molecular weight excluding hydrogens is 286 g/mol. The number of rotatable bonds is 10. The van der Waals surface area contributed by atoms with Gasteiger partial charge in [0.2, 0.25) is 5.91 Å². The molecule has 2 amide bonds. The molecule has 1 aromatic rings. The molecule has 0 aliphatic rings. The normalized spacial score (nSPS) is 10.6. The van der Waals surface area contributed by atoms with Gasteiger partial charge in [-0.05, 0) is 31.0 Å². The van der Waals surface area contributed by atoms with E-state index in [1.165, 1.54) is 11.3 Å². The number of nitrogens with one attached hydrogen (secondary N) is 2. The summed E-state index contributed by atoms with van der Waals surface area (Å²) in [6, 6.07) is 3.64. The van der Waals surface area contributed by atoms with Gasteiger partial charge in [-0.25, -0.2) is 0 Å². The summed E-state index contributed by atoms with van der Waals surface area (Å²) in [6.45, 7) is 8.32. The molecule has 0 saturated carbocycles. The van der Waals surface area contributed by atoms with Crippen LogP contribution in [0.4, 0.5) is 0 Å². The first kappa shape index (κ1) is 17.7. The minimum Gasteiger partial charge on any atom is -0.355 e. The van der Waals surface area contributed by atoms with Crippen LogP contribution in [0.3, 0.4) is 0 Å². The van der Waals surface area contributed by atoms with E-state index in [9.17, 15) is 9.59 Å². The van der Waals surface area contributed by atoms with Crippen molar-refractivity contribution in [3.8, 4) is 0 Å². The fraction of sp³-hybridized carbons (Fsp3) is 0.600. The lowest BCUT2D eigenvalue weighted by atomic mass is 10.3. The maximum Gasteiger partial charge on any atom is 0.261 e. The predicted octanol–water partition coefficient (Wildman–Crippen LogP) is 1.72. The summed E-state index contributed by atoms with van der Waals surface area (Å²) in [5.41, 5.74) is 0. The number of hydrogen-bond acceptors (Lipinski definition) is 4. The van der Waals surface area contributed by atoms with Gasteiger partial charge in [-0.15, -0.1) is 11.3 Å². The molecule has 0 saturated heterocycles. The van der Waals surface area contributed by atoms with Crippen LogP contribution in [-0.4, -0.2) is 49.4 Å². The minimum atomic E-state index is -0.0630. The van der Waals surface area contributed by atoms with E-state index in [0.29, 0.717) is 30.8 Å². The van der Waals surface area contributed by atoms with Crippen LogP contribution in [0.15, 0.2) is 17.5 Å². The van der Waals surface area contributed by atoms with Gasteiger partial charge in [0.05, 0.1) is 4.88 Å². The first-order valence-electron chi connectivity index (χ1n) is 7.48. The predicted molar refractivity (Wildman–Crippen MR) is 86.7 cm³/mol. The second-order valence-corrected chi connectivity index (χ2v) is 5.66. The number of amides is 2. The standard InChI is InChI=1S/C15H25N3O2S/c1-3-18(4-2)11-10-16-14(19)8-5-9-17-15(20)13-7-6-12-21-13/h6-7,12H,3-5,8-11H2,1-2H3,(H,16,19)(H,17,20). The van der Waals surface area contributed by atoms with E-state index in [1.807, 2.05) is 11.4 Å². The Morgan fingerprint density at radius 3 is 2.57 bits per heavy atom. The molecule has 0 spiro atoms. The van der Waals surface area contributed by atoms with Crippen LogP contribution < -0.4 is 10.6 Å². The Morgan fingerprint density at radius 1 is 1.19 bits per heavy atom. The Kier molecular flexibility index (Phi) is 8.69. The molecule has 5 nitrogen and oxygen atoms in total. The monoisotopic (exact) mass is 311 g/mol. The number of hydrogen-bond donors (Lipinski definition) is 2. The van der Waals surface area contributed by atoms with E-state index < -0.39 is 0 Å². The molecule has 0 aromatic carbocycles. The summed E-state index contributed by atoms with van der Waals surface area (Å²) < 4.78 is 0. The van der Waals surface area contributed by atoms with Crippen molar-refractivity contribution in [3.05, 3.63) is 22.4 Å². The summed E-state index contributed by atoms with van der Waals surface area (Å²) in [5.74, 6) is -0.0144. The number of likely N-dealkylation sites (N-methyl/N-ethyl adjacent to an activating group) is 1. The van der Waals surface area contributed by atoms with Crippen LogP contribution in [0, 0.1) is 0 Å². The molecule has 1 rings (SSSR count). The van der Waals surface area contributed by atoms with Gasteiger partial charge in [-0.1, -0.05) is 19.9 Å². The minimum absolute atomic E-state index is 0.0486. The van der Waals surface area contributed by atoms with E-state index in [-0.39, 0.29) is 11.8 Å². The van der Waals surface area contributed by atoms with Crippen molar-refractivity contribution in [1.29, 1.82) is 0 Å². The molecule has 0 radical (unpaired) electrons. The van der Waals surface area contributed by atoms with E-state index in [0.717, 1.165) is 19.6 Å². The summed E-state index contributed by atoms with van der Waals surface area (Å²) in [6.07, 6.45) is 1.11. The third kappa shape index (κ3) is 7.24. The number of thiophene rings is 1.